The highest BCUT2D eigenvalue weighted by molar-refractivity contribution is 7.89. The molecular formula is C19H26N4O3S. The van der Waals surface area contributed by atoms with Crippen LogP contribution in [0.15, 0.2) is 23.1 Å². The van der Waals surface area contributed by atoms with Gasteiger partial charge in [-0.25, -0.2) is 13.1 Å². The lowest BCUT2D eigenvalue weighted by Crippen LogP contribution is -2.30. The molecule has 1 N–H and O–H groups in total. The van der Waals surface area contributed by atoms with E-state index in [0.29, 0.717) is 13.0 Å². The van der Waals surface area contributed by atoms with Gasteiger partial charge in [-0.05, 0) is 63.4 Å². The zero-order chi connectivity index (χ0) is 19.9. The molecule has 3 rings (SSSR count). The molecule has 1 unspecified atom stereocenters. The van der Waals surface area contributed by atoms with Crippen LogP contribution in [0.25, 0.3) is 0 Å². The van der Waals surface area contributed by atoms with Gasteiger partial charge in [0, 0.05) is 31.4 Å². The van der Waals surface area contributed by atoms with E-state index in [0.717, 1.165) is 28.2 Å². The van der Waals surface area contributed by atoms with Crippen molar-refractivity contribution in [1.82, 2.24) is 14.5 Å². The Morgan fingerprint density at radius 3 is 2.59 bits per heavy atom. The number of carbonyl (C=O) groups is 1. The molecular weight excluding hydrogens is 364 g/mol. The third-order valence-corrected chi connectivity index (χ3v) is 6.73. The summed E-state index contributed by atoms with van der Waals surface area (Å²) in [7, 11) is -3.63. The number of benzene rings is 1. The maximum Gasteiger partial charge on any atom is 0.240 e. The molecule has 0 aliphatic carbocycles. The topological polar surface area (TPSA) is 84.3 Å². The normalized spacial score (nSPS) is 15.1. The van der Waals surface area contributed by atoms with E-state index < -0.39 is 10.0 Å². The molecule has 0 radical (unpaired) electrons. The summed E-state index contributed by atoms with van der Waals surface area (Å²) in [6.45, 7) is 10.3. The first-order valence-electron chi connectivity index (χ1n) is 9.05. The highest BCUT2D eigenvalue weighted by Gasteiger charge is 2.25. The molecule has 7 nitrogen and oxygen atoms in total. The third kappa shape index (κ3) is 3.64. The van der Waals surface area contributed by atoms with E-state index in [1.807, 2.05) is 32.4 Å². The summed E-state index contributed by atoms with van der Waals surface area (Å²) in [6, 6.07) is 4.83. The Balaban J connectivity index is 1.76. The Bertz CT molecular complexity index is 995. The van der Waals surface area contributed by atoms with Crippen molar-refractivity contribution in [2.24, 2.45) is 0 Å². The van der Waals surface area contributed by atoms with E-state index in [4.69, 9.17) is 0 Å². The number of nitrogens with one attached hydrogen (secondary N) is 1. The van der Waals surface area contributed by atoms with Gasteiger partial charge in [-0.3, -0.25) is 9.48 Å². The van der Waals surface area contributed by atoms with Gasteiger partial charge in [-0.15, -0.1) is 0 Å². The van der Waals surface area contributed by atoms with Crippen molar-refractivity contribution in [3.05, 3.63) is 40.7 Å². The van der Waals surface area contributed by atoms with Gasteiger partial charge in [0.25, 0.3) is 0 Å². The number of carbonyl (C=O) groups excluding carboxylic acids is 1. The van der Waals surface area contributed by atoms with Crippen LogP contribution in [-0.2, 0) is 21.2 Å². The van der Waals surface area contributed by atoms with Crippen LogP contribution in [0, 0.1) is 20.8 Å². The Morgan fingerprint density at radius 1 is 1.30 bits per heavy atom. The molecule has 0 saturated heterocycles. The smallest absolute Gasteiger partial charge is 0.240 e. The Hall–Kier alpha value is -2.19. The van der Waals surface area contributed by atoms with E-state index in [1.54, 1.807) is 23.1 Å². The molecule has 0 fully saturated rings. The highest BCUT2D eigenvalue weighted by atomic mass is 32.2. The Morgan fingerprint density at radius 2 is 2.00 bits per heavy atom. The SMILES string of the molecule is CC(=O)N1CCc2cc(S(=O)(=O)NCC(C)n3nc(C)c(C)c3C)ccc21. The lowest BCUT2D eigenvalue weighted by Gasteiger charge is -2.17. The maximum atomic E-state index is 12.7. The van der Waals surface area contributed by atoms with Crippen LogP contribution in [0.5, 0.6) is 0 Å². The second-order valence-electron chi connectivity index (χ2n) is 7.15. The molecule has 1 aliphatic heterocycles. The first-order valence-corrected chi connectivity index (χ1v) is 10.5. The van der Waals surface area contributed by atoms with Gasteiger partial charge in [0.05, 0.1) is 16.6 Å². The first-order chi connectivity index (χ1) is 12.6. The number of anilines is 1. The van der Waals surface area contributed by atoms with Crippen LogP contribution in [0.1, 0.15) is 42.4 Å². The molecule has 146 valence electrons. The monoisotopic (exact) mass is 390 g/mol. The minimum atomic E-state index is -3.63. The van der Waals surface area contributed by atoms with E-state index in [9.17, 15) is 13.2 Å². The summed E-state index contributed by atoms with van der Waals surface area (Å²) in [5.41, 5.74) is 4.80. The first kappa shape index (κ1) is 19.6. The molecule has 1 atom stereocenters. The number of aromatic nitrogens is 2. The number of nitrogens with zero attached hydrogens (tertiary/aromatic N) is 3. The molecule has 2 heterocycles. The van der Waals surface area contributed by atoms with Crippen molar-refractivity contribution in [2.45, 2.75) is 52.0 Å². The fraction of sp³-hybridized carbons (Fsp3) is 0.474. The van der Waals surface area contributed by atoms with Gasteiger partial charge in [-0.2, -0.15) is 5.10 Å². The largest absolute Gasteiger partial charge is 0.312 e. The zero-order valence-electron chi connectivity index (χ0n) is 16.4. The molecule has 0 spiro atoms. The fourth-order valence-electron chi connectivity index (χ4n) is 3.45. The van der Waals surface area contributed by atoms with Gasteiger partial charge in [-0.1, -0.05) is 0 Å². The van der Waals surface area contributed by atoms with Crippen molar-refractivity contribution in [3.63, 3.8) is 0 Å². The summed E-state index contributed by atoms with van der Waals surface area (Å²) in [5, 5.41) is 4.50. The van der Waals surface area contributed by atoms with Gasteiger partial charge < -0.3 is 4.90 Å². The van der Waals surface area contributed by atoms with Gasteiger partial charge in [0.1, 0.15) is 0 Å². The lowest BCUT2D eigenvalue weighted by atomic mass is 10.2. The molecule has 8 heteroatoms. The van der Waals surface area contributed by atoms with Crippen molar-refractivity contribution < 1.29 is 13.2 Å². The number of amides is 1. The predicted molar refractivity (Wildman–Crippen MR) is 105 cm³/mol. The maximum absolute atomic E-state index is 12.7. The number of sulfonamides is 1. The van der Waals surface area contributed by atoms with E-state index in [2.05, 4.69) is 9.82 Å². The van der Waals surface area contributed by atoms with E-state index >= 15 is 0 Å². The minimum Gasteiger partial charge on any atom is -0.312 e. The quantitative estimate of drug-likeness (QED) is 0.849. The number of hydrogen-bond donors (Lipinski definition) is 1. The van der Waals surface area contributed by atoms with Crippen LogP contribution in [0.4, 0.5) is 5.69 Å². The molecule has 0 bridgehead atoms. The van der Waals surface area contributed by atoms with Crippen molar-refractivity contribution >= 4 is 21.6 Å². The van der Waals surface area contributed by atoms with Gasteiger partial charge >= 0.3 is 0 Å². The van der Waals surface area contributed by atoms with E-state index in [-0.39, 0.29) is 23.4 Å². The average molecular weight is 391 g/mol. The van der Waals surface area contributed by atoms with Crippen LogP contribution >= 0.6 is 0 Å². The molecule has 1 aliphatic rings. The number of rotatable bonds is 5. The summed E-state index contributed by atoms with van der Waals surface area (Å²) in [4.78, 5) is 13.5. The predicted octanol–water partition coefficient (Wildman–Crippen LogP) is 2.26. The van der Waals surface area contributed by atoms with Crippen molar-refractivity contribution in [3.8, 4) is 0 Å². The van der Waals surface area contributed by atoms with Crippen LogP contribution < -0.4 is 9.62 Å². The summed E-state index contributed by atoms with van der Waals surface area (Å²) in [5.74, 6) is -0.0310. The zero-order valence-corrected chi connectivity index (χ0v) is 17.2. The number of fused-ring (bicyclic) bond motifs is 1. The Kier molecular flexibility index (Phi) is 5.14. The molecule has 27 heavy (non-hydrogen) atoms. The highest BCUT2D eigenvalue weighted by Crippen LogP contribution is 2.30. The minimum absolute atomic E-state index is 0.0310. The summed E-state index contributed by atoms with van der Waals surface area (Å²) >= 11 is 0. The summed E-state index contributed by atoms with van der Waals surface area (Å²) < 4.78 is 30.0. The number of hydrogen-bond acceptors (Lipinski definition) is 4. The van der Waals surface area contributed by atoms with Crippen LogP contribution in [0.3, 0.4) is 0 Å². The standard InChI is InChI=1S/C19H26N4O3S/c1-12(23-15(4)13(2)14(3)21-23)11-20-27(25,26)18-6-7-19-17(10-18)8-9-22(19)16(5)24/h6-7,10,12,20H,8-9,11H2,1-5H3. The van der Waals surface area contributed by atoms with Crippen LogP contribution in [0.2, 0.25) is 0 Å². The van der Waals surface area contributed by atoms with E-state index in [1.165, 1.54) is 6.92 Å². The molecule has 1 aromatic heterocycles. The summed E-state index contributed by atoms with van der Waals surface area (Å²) in [6.07, 6.45) is 0.666. The average Bonchev–Trinajstić information content (AvgIpc) is 3.16. The lowest BCUT2D eigenvalue weighted by molar-refractivity contribution is -0.116. The van der Waals surface area contributed by atoms with Gasteiger partial charge in [0.2, 0.25) is 15.9 Å². The van der Waals surface area contributed by atoms with Gasteiger partial charge in [0.15, 0.2) is 0 Å². The molecule has 2 aromatic rings. The second-order valence-corrected chi connectivity index (χ2v) is 8.92. The van der Waals surface area contributed by atoms with Crippen molar-refractivity contribution in [2.75, 3.05) is 18.0 Å². The molecule has 1 amide bonds. The number of aryl methyl sites for hydroxylation is 1. The third-order valence-electron chi connectivity index (χ3n) is 5.31. The Labute approximate surface area is 160 Å². The molecule has 1 aromatic carbocycles. The van der Waals surface area contributed by atoms with Crippen LogP contribution in [-0.4, -0.2) is 37.2 Å². The fourth-order valence-corrected chi connectivity index (χ4v) is 4.62. The second kappa shape index (κ2) is 7.09. The van der Waals surface area contributed by atoms with Crippen molar-refractivity contribution in [1.29, 1.82) is 0 Å². The molecule has 0 saturated carbocycles.